The molecule has 0 saturated carbocycles. The van der Waals surface area contributed by atoms with Gasteiger partial charge in [0.15, 0.2) is 0 Å². The molecule has 0 aromatic heterocycles. The maximum Gasteiger partial charge on any atom is 0.337 e. The van der Waals surface area contributed by atoms with Crippen LogP contribution in [0.25, 0.3) is 0 Å². The average Bonchev–Trinajstić information content (AvgIpc) is 2.67. The molecule has 0 bridgehead atoms. The van der Waals surface area contributed by atoms with Crippen molar-refractivity contribution in [1.29, 1.82) is 0 Å². The minimum atomic E-state index is -0.361. The number of nitrogens with one attached hydrogen (secondary N) is 1. The van der Waals surface area contributed by atoms with E-state index >= 15 is 0 Å². The van der Waals surface area contributed by atoms with Crippen LogP contribution in [0.15, 0.2) is 48.5 Å². The molecule has 1 N–H and O–H groups in total. The van der Waals surface area contributed by atoms with E-state index in [-0.39, 0.29) is 18.4 Å². The fraction of sp³-hybridized carbons (Fsp3) is 0.300. The minimum Gasteiger partial charge on any atom is -0.495 e. The Labute approximate surface area is 153 Å². The molecular weight excluding hydrogens is 332 g/mol. The standard InChI is InChI=1S/C20H24N2O4/c1-4-22(13-15-9-11-16(12-10-15)20(24)26-3)14-19(23)21-17-7-5-6-8-18(17)25-2/h5-12H,4,13-14H2,1-3H3,(H,21,23). The highest BCUT2D eigenvalue weighted by Crippen LogP contribution is 2.22. The van der Waals surface area contributed by atoms with Crippen LogP contribution in [-0.4, -0.2) is 44.1 Å². The van der Waals surface area contributed by atoms with E-state index in [1.165, 1.54) is 7.11 Å². The number of rotatable bonds is 8. The van der Waals surface area contributed by atoms with E-state index in [2.05, 4.69) is 5.32 Å². The number of ether oxygens (including phenoxy) is 2. The van der Waals surface area contributed by atoms with Crippen LogP contribution >= 0.6 is 0 Å². The van der Waals surface area contributed by atoms with E-state index in [1.54, 1.807) is 31.4 Å². The predicted octanol–water partition coefficient (Wildman–Crippen LogP) is 2.94. The highest BCUT2D eigenvalue weighted by molar-refractivity contribution is 5.93. The number of anilines is 1. The van der Waals surface area contributed by atoms with Crippen molar-refractivity contribution >= 4 is 17.6 Å². The van der Waals surface area contributed by atoms with Gasteiger partial charge < -0.3 is 14.8 Å². The van der Waals surface area contributed by atoms with Crippen LogP contribution in [0, 0.1) is 0 Å². The third kappa shape index (κ3) is 5.32. The molecule has 0 atom stereocenters. The lowest BCUT2D eigenvalue weighted by atomic mass is 10.1. The second-order valence-corrected chi connectivity index (χ2v) is 5.74. The zero-order valence-electron chi connectivity index (χ0n) is 15.3. The number of carbonyl (C=O) groups excluding carboxylic acids is 2. The van der Waals surface area contributed by atoms with Crippen molar-refractivity contribution in [2.45, 2.75) is 13.5 Å². The lowest BCUT2D eigenvalue weighted by molar-refractivity contribution is -0.117. The van der Waals surface area contributed by atoms with Crippen LogP contribution in [0.5, 0.6) is 5.75 Å². The largest absolute Gasteiger partial charge is 0.495 e. The van der Waals surface area contributed by atoms with Crippen LogP contribution in [0.3, 0.4) is 0 Å². The molecule has 2 aromatic rings. The van der Waals surface area contributed by atoms with Gasteiger partial charge in [-0.15, -0.1) is 0 Å². The Kier molecular flexibility index (Phi) is 7.17. The van der Waals surface area contributed by atoms with Crippen molar-refractivity contribution in [3.63, 3.8) is 0 Å². The number of methoxy groups -OCH3 is 2. The van der Waals surface area contributed by atoms with E-state index in [1.807, 2.05) is 36.1 Å². The fourth-order valence-corrected chi connectivity index (χ4v) is 2.54. The normalized spacial score (nSPS) is 10.5. The Morgan fingerprint density at radius 3 is 2.35 bits per heavy atom. The number of esters is 1. The summed E-state index contributed by atoms with van der Waals surface area (Å²) in [5, 5.41) is 2.88. The van der Waals surface area contributed by atoms with Gasteiger partial charge in [-0.25, -0.2) is 4.79 Å². The number of likely N-dealkylation sites (N-methyl/N-ethyl adjacent to an activating group) is 1. The number of carbonyl (C=O) groups is 2. The third-order valence-electron chi connectivity index (χ3n) is 3.98. The number of benzene rings is 2. The average molecular weight is 356 g/mol. The molecule has 138 valence electrons. The summed E-state index contributed by atoms with van der Waals surface area (Å²) in [6.07, 6.45) is 0. The SMILES string of the molecule is CCN(CC(=O)Nc1ccccc1OC)Cc1ccc(C(=O)OC)cc1. The predicted molar refractivity (Wildman–Crippen MR) is 100 cm³/mol. The number of hydrogen-bond acceptors (Lipinski definition) is 5. The molecule has 0 spiro atoms. The van der Waals surface area contributed by atoms with Gasteiger partial charge in [-0.1, -0.05) is 31.2 Å². The van der Waals surface area contributed by atoms with Crippen molar-refractivity contribution in [1.82, 2.24) is 4.90 Å². The monoisotopic (exact) mass is 356 g/mol. The van der Waals surface area contributed by atoms with Gasteiger partial charge in [-0.2, -0.15) is 0 Å². The second-order valence-electron chi connectivity index (χ2n) is 5.74. The molecule has 1 amide bonds. The van der Waals surface area contributed by atoms with E-state index in [9.17, 15) is 9.59 Å². The van der Waals surface area contributed by atoms with E-state index < -0.39 is 0 Å². The zero-order chi connectivity index (χ0) is 18.9. The summed E-state index contributed by atoms with van der Waals surface area (Å²) < 4.78 is 9.94. The number of nitrogens with zero attached hydrogens (tertiary/aromatic N) is 1. The molecule has 6 nitrogen and oxygen atoms in total. The van der Waals surface area contributed by atoms with Crippen LogP contribution in [0.1, 0.15) is 22.8 Å². The summed E-state index contributed by atoms with van der Waals surface area (Å²) >= 11 is 0. The molecule has 0 radical (unpaired) electrons. The highest BCUT2D eigenvalue weighted by atomic mass is 16.5. The molecule has 0 saturated heterocycles. The van der Waals surface area contributed by atoms with E-state index in [0.29, 0.717) is 23.5 Å². The highest BCUT2D eigenvalue weighted by Gasteiger charge is 2.12. The minimum absolute atomic E-state index is 0.109. The Bertz CT molecular complexity index is 744. The molecule has 2 aromatic carbocycles. The summed E-state index contributed by atoms with van der Waals surface area (Å²) in [5.74, 6) is 0.157. The lowest BCUT2D eigenvalue weighted by Crippen LogP contribution is -2.32. The van der Waals surface area contributed by atoms with Gasteiger partial charge in [-0.3, -0.25) is 9.69 Å². The Hall–Kier alpha value is -2.86. The van der Waals surface area contributed by atoms with Gasteiger partial charge >= 0.3 is 5.97 Å². The van der Waals surface area contributed by atoms with Gasteiger partial charge in [0, 0.05) is 6.54 Å². The molecule has 26 heavy (non-hydrogen) atoms. The maximum atomic E-state index is 12.4. The topological polar surface area (TPSA) is 67.9 Å². The first-order chi connectivity index (χ1) is 12.6. The smallest absolute Gasteiger partial charge is 0.337 e. The Balaban J connectivity index is 1.96. The third-order valence-corrected chi connectivity index (χ3v) is 3.98. The van der Waals surface area contributed by atoms with E-state index in [4.69, 9.17) is 9.47 Å². The number of hydrogen-bond donors (Lipinski definition) is 1. The Morgan fingerprint density at radius 1 is 1.04 bits per heavy atom. The molecule has 0 fully saturated rings. The molecule has 0 aliphatic carbocycles. The number of para-hydroxylation sites is 2. The first-order valence-corrected chi connectivity index (χ1v) is 8.39. The molecule has 0 unspecified atom stereocenters. The van der Waals surface area contributed by atoms with Gasteiger partial charge in [-0.05, 0) is 36.4 Å². The van der Waals surface area contributed by atoms with Crippen molar-refractivity contribution in [3.8, 4) is 5.75 Å². The van der Waals surface area contributed by atoms with Gasteiger partial charge in [0.25, 0.3) is 0 Å². The van der Waals surface area contributed by atoms with Crippen LogP contribution in [0.2, 0.25) is 0 Å². The molecule has 2 rings (SSSR count). The molecule has 0 aliphatic heterocycles. The first kappa shape index (κ1) is 19.5. The molecule has 6 heteroatoms. The lowest BCUT2D eigenvalue weighted by Gasteiger charge is -2.20. The van der Waals surface area contributed by atoms with Crippen molar-refractivity contribution in [2.24, 2.45) is 0 Å². The van der Waals surface area contributed by atoms with E-state index in [0.717, 1.165) is 12.1 Å². The van der Waals surface area contributed by atoms with Crippen molar-refractivity contribution in [2.75, 3.05) is 32.6 Å². The van der Waals surface area contributed by atoms with Crippen LogP contribution < -0.4 is 10.1 Å². The summed E-state index contributed by atoms with van der Waals surface area (Å²) in [6, 6.07) is 14.5. The van der Waals surface area contributed by atoms with Crippen molar-refractivity contribution in [3.05, 3.63) is 59.7 Å². The quantitative estimate of drug-likeness (QED) is 0.737. The molecule has 0 aliphatic rings. The number of amides is 1. The van der Waals surface area contributed by atoms with Crippen LogP contribution in [0.4, 0.5) is 5.69 Å². The first-order valence-electron chi connectivity index (χ1n) is 8.39. The molecule has 0 heterocycles. The van der Waals surface area contributed by atoms with Gasteiger partial charge in [0.05, 0.1) is 32.0 Å². The summed E-state index contributed by atoms with van der Waals surface area (Å²) in [7, 11) is 2.93. The van der Waals surface area contributed by atoms with Gasteiger partial charge in [0.1, 0.15) is 5.75 Å². The van der Waals surface area contributed by atoms with Crippen LogP contribution in [-0.2, 0) is 16.1 Å². The summed E-state index contributed by atoms with van der Waals surface area (Å²) in [6.45, 7) is 3.59. The van der Waals surface area contributed by atoms with Gasteiger partial charge in [0.2, 0.25) is 5.91 Å². The molecular formula is C20H24N2O4. The summed E-state index contributed by atoms with van der Waals surface area (Å²) in [5.41, 5.74) is 2.18. The summed E-state index contributed by atoms with van der Waals surface area (Å²) in [4.78, 5) is 25.8. The Morgan fingerprint density at radius 2 is 1.73 bits per heavy atom. The van der Waals surface area contributed by atoms with Crippen molar-refractivity contribution < 1.29 is 19.1 Å². The maximum absolute atomic E-state index is 12.4. The fourth-order valence-electron chi connectivity index (χ4n) is 2.54. The zero-order valence-corrected chi connectivity index (χ0v) is 15.3. The second kappa shape index (κ2) is 9.58.